The molecule has 0 aliphatic heterocycles. The van der Waals surface area contributed by atoms with Crippen molar-refractivity contribution in [2.24, 2.45) is 5.73 Å². The highest BCUT2D eigenvalue weighted by Crippen LogP contribution is 2.33. The van der Waals surface area contributed by atoms with Gasteiger partial charge >= 0.3 is 0 Å². The smallest absolute Gasteiger partial charge is 0.0922 e. The zero-order valence-electron chi connectivity index (χ0n) is 12.6. The van der Waals surface area contributed by atoms with E-state index in [9.17, 15) is 0 Å². The van der Waals surface area contributed by atoms with E-state index in [2.05, 4.69) is 48.0 Å². The number of halogens is 1. The average molecular weight is 310 g/mol. The Morgan fingerprint density at radius 3 is 1.00 bits per heavy atom. The lowest BCUT2D eigenvalue weighted by Gasteiger charge is -2.31. The molecule has 0 unspecified atom stereocenters. The summed E-state index contributed by atoms with van der Waals surface area (Å²) in [6.45, 7) is 0. The van der Waals surface area contributed by atoms with E-state index < -0.39 is 5.54 Å². The van der Waals surface area contributed by atoms with Crippen molar-refractivity contribution in [3.63, 3.8) is 0 Å². The third-order valence-electron chi connectivity index (χ3n) is 3.69. The summed E-state index contributed by atoms with van der Waals surface area (Å²) in [5, 5.41) is 0. The van der Waals surface area contributed by atoms with E-state index in [1.807, 2.05) is 54.6 Å². The predicted octanol–water partition coefficient (Wildman–Crippen LogP) is 4.79. The molecule has 3 aromatic rings. The van der Waals surface area contributed by atoms with Gasteiger partial charge in [0.2, 0.25) is 0 Å². The summed E-state index contributed by atoms with van der Waals surface area (Å²) in [6, 6.07) is 30.7. The van der Waals surface area contributed by atoms with E-state index in [-0.39, 0.29) is 0 Å². The number of hydrogen-bond acceptors (Lipinski definition) is 1. The minimum absolute atomic E-state index is 0.621. The Morgan fingerprint density at radius 2 is 0.773 bits per heavy atom. The largest absolute Gasteiger partial charge is 0.314 e. The summed E-state index contributed by atoms with van der Waals surface area (Å²) < 4.78 is 0. The molecule has 22 heavy (non-hydrogen) atoms. The van der Waals surface area contributed by atoms with Crippen LogP contribution in [0.3, 0.4) is 0 Å². The molecule has 0 atom stereocenters. The Balaban J connectivity index is 0.000000847. The Bertz CT molecular complexity index is 569. The van der Waals surface area contributed by atoms with Crippen LogP contribution in [0.4, 0.5) is 0 Å². The van der Waals surface area contributed by atoms with Gasteiger partial charge in [-0.3, -0.25) is 0 Å². The maximum atomic E-state index is 6.86. The number of alkyl halides is 1. The molecule has 0 radical (unpaired) electrons. The zero-order chi connectivity index (χ0) is 15.8. The Kier molecular flexibility index (Phi) is 5.76. The van der Waals surface area contributed by atoms with Gasteiger partial charge in [-0.05, 0) is 16.7 Å². The van der Waals surface area contributed by atoms with Crippen LogP contribution in [0, 0.1) is 0 Å². The van der Waals surface area contributed by atoms with Crippen molar-refractivity contribution in [1.82, 2.24) is 0 Å². The molecular formula is C20H20ClN. The topological polar surface area (TPSA) is 26.0 Å². The van der Waals surface area contributed by atoms with Crippen LogP contribution in [0.25, 0.3) is 0 Å². The summed E-state index contributed by atoms with van der Waals surface area (Å²) >= 11 is 4.64. The van der Waals surface area contributed by atoms with Crippen LogP contribution in [0.5, 0.6) is 0 Å². The van der Waals surface area contributed by atoms with Crippen molar-refractivity contribution in [3.8, 4) is 0 Å². The first-order valence-electron chi connectivity index (χ1n) is 7.15. The van der Waals surface area contributed by atoms with Crippen LogP contribution in [0.1, 0.15) is 16.7 Å². The molecule has 0 saturated heterocycles. The molecule has 0 aliphatic rings. The van der Waals surface area contributed by atoms with Gasteiger partial charge in [0.25, 0.3) is 0 Å². The van der Waals surface area contributed by atoms with Crippen LogP contribution in [0.15, 0.2) is 91.0 Å². The zero-order valence-corrected chi connectivity index (χ0v) is 13.4. The molecule has 0 fully saturated rings. The molecule has 2 N–H and O–H groups in total. The molecule has 0 spiro atoms. The highest BCUT2D eigenvalue weighted by Gasteiger charge is 2.31. The van der Waals surface area contributed by atoms with Crippen LogP contribution in [-0.4, -0.2) is 6.38 Å². The second-order valence-electron chi connectivity index (χ2n) is 4.91. The summed E-state index contributed by atoms with van der Waals surface area (Å²) in [4.78, 5) is 0. The first-order valence-corrected chi connectivity index (χ1v) is 7.90. The number of rotatable bonds is 3. The van der Waals surface area contributed by atoms with Crippen LogP contribution < -0.4 is 5.73 Å². The highest BCUT2D eigenvalue weighted by molar-refractivity contribution is 6.15. The maximum Gasteiger partial charge on any atom is 0.0922 e. The normalized spacial score (nSPS) is 10.5. The molecule has 0 aromatic heterocycles. The molecule has 2 heteroatoms. The molecule has 112 valence electrons. The molecule has 0 aliphatic carbocycles. The molecular weight excluding hydrogens is 290 g/mol. The van der Waals surface area contributed by atoms with Crippen LogP contribution in [0.2, 0.25) is 0 Å². The first kappa shape index (κ1) is 16.3. The van der Waals surface area contributed by atoms with Crippen molar-refractivity contribution in [1.29, 1.82) is 0 Å². The second kappa shape index (κ2) is 7.79. The third-order valence-corrected chi connectivity index (χ3v) is 3.69. The molecule has 3 rings (SSSR count). The summed E-state index contributed by atoms with van der Waals surface area (Å²) in [6.07, 6.45) is 1.47. The standard InChI is InChI=1S/C19H17N.CH3Cl/c20-19(16-10-4-1-5-11-16,17-12-6-2-7-13-17)18-14-8-3-9-15-18;1-2/h1-15H,20H2;1H3. The Labute approximate surface area is 137 Å². The number of nitrogens with two attached hydrogens (primary N) is 1. The van der Waals surface area contributed by atoms with Crippen molar-refractivity contribution in [3.05, 3.63) is 108 Å². The quantitative estimate of drug-likeness (QED) is 0.546. The minimum atomic E-state index is -0.621. The van der Waals surface area contributed by atoms with Gasteiger partial charge in [0.1, 0.15) is 0 Å². The average Bonchev–Trinajstić information content (AvgIpc) is 2.65. The van der Waals surface area contributed by atoms with E-state index >= 15 is 0 Å². The highest BCUT2D eigenvalue weighted by atomic mass is 35.5. The first-order chi connectivity index (χ1) is 10.8. The van der Waals surface area contributed by atoms with Crippen molar-refractivity contribution >= 4 is 11.6 Å². The van der Waals surface area contributed by atoms with Crippen molar-refractivity contribution < 1.29 is 0 Å². The van der Waals surface area contributed by atoms with Gasteiger partial charge < -0.3 is 5.73 Å². The molecule has 0 saturated carbocycles. The van der Waals surface area contributed by atoms with Gasteiger partial charge in [-0.25, -0.2) is 0 Å². The fourth-order valence-corrected chi connectivity index (χ4v) is 2.60. The lowest BCUT2D eigenvalue weighted by atomic mass is 9.78. The van der Waals surface area contributed by atoms with Gasteiger partial charge in [-0.15, -0.1) is 11.6 Å². The SMILES string of the molecule is CCl.NC(c1ccccc1)(c1ccccc1)c1ccccc1. The molecule has 0 bridgehead atoms. The summed E-state index contributed by atoms with van der Waals surface area (Å²) in [7, 11) is 0. The molecule has 3 aromatic carbocycles. The van der Waals surface area contributed by atoms with E-state index in [4.69, 9.17) is 5.73 Å². The van der Waals surface area contributed by atoms with E-state index in [0.717, 1.165) is 16.7 Å². The van der Waals surface area contributed by atoms with Crippen molar-refractivity contribution in [2.45, 2.75) is 5.54 Å². The lowest BCUT2D eigenvalue weighted by molar-refractivity contribution is 0.653. The van der Waals surface area contributed by atoms with Crippen molar-refractivity contribution in [2.75, 3.05) is 6.38 Å². The number of hydrogen-bond donors (Lipinski definition) is 1. The second-order valence-corrected chi connectivity index (χ2v) is 4.91. The molecule has 1 nitrogen and oxygen atoms in total. The van der Waals surface area contributed by atoms with Crippen LogP contribution >= 0.6 is 11.6 Å². The third kappa shape index (κ3) is 3.22. The Hall–Kier alpha value is -2.09. The summed E-state index contributed by atoms with van der Waals surface area (Å²) in [5.74, 6) is 0. The molecule has 0 heterocycles. The van der Waals surface area contributed by atoms with E-state index in [0.29, 0.717) is 0 Å². The minimum Gasteiger partial charge on any atom is -0.314 e. The monoisotopic (exact) mass is 309 g/mol. The van der Waals surface area contributed by atoms with Gasteiger partial charge in [-0.1, -0.05) is 91.0 Å². The van der Waals surface area contributed by atoms with E-state index in [1.165, 1.54) is 6.38 Å². The maximum absolute atomic E-state index is 6.86. The fourth-order valence-electron chi connectivity index (χ4n) is 2.60. The van der Waals surface area contributed by atoms with Gasteiger partial charge in [-0.2, -0.15) is 0 Å². The number of benzene rings is 3. The van der Waals surface area contributed by atoms with Gasteiger partial charge in [0, 0.05) is 6.38 Å². The van der Waals surface area contributed by atoms with E-state index in [1.54, 1.807) is 0 Å². The lowest BCUT2D eigenvalue weighted by Crippen LogP contribution is -2.39. The summed E-state index contributed by atoms with van der Waals surface area (Å²) in [5.41, 5.74) is 9.53. The van der Waals surface area contributed by atoms with Gasteiger partial charge in [0.05, 0.1) is 5.54 Å². The van der Waals surface area contributed by atoms with Crippen LogP contribution in [-0.2, 0) is 5.54 Å². The Morgan fingerprint density at radius 1 is 0.545 bits per heavy atom. The fraction of sp³-hybridized carbons (Fsp3) is 0.100. The van der Waals surface area contributed by atoms with Gasteiger partial charge in [0.15, 0.2) is 0 Å². The molecule has 0 amide bonds. The predicted molar refractivity (Wildman–Crippen MR) is 95.2 cm³/mol.